The molecule has 0 spiro atoms. The first kappa shape index (κ1) is 21.8. The van der Waals surface area contributed by atoms with Crippen LogP contribution in [0.15, 0.2) is 30.3 Å². The Morgan fingerprint density at radius 1 is 0.833 bits per heavy atom. The zero-order valence-corrected chi connectivity index (χ0v) is 15.9. The maximum atomic E-state index is 13.1. The smallest absolute Gasteiger partial charge is 0.416 e. The Kier molecular flexibility index (Phi) is 5.62. The van der Waals surface area contributed by atoms with E-state index in [0.29, 0.717) is 35.6 Å². The largest absolute Gasteiger partial charge is 0.493 e. The lowest BCUT2D eigenvalue weighted by Gasteiger charge is -2.30. The average Bonchev–Trinajstić information content (AvgIpc) is 2.70. The van der Waals surface area contributed by atoms with Crippen molar-refractivity contribution < 1.29 is 40.6 Å². The Bertz CT molecular complexity index is 936. The number of methoxy groups -OCH3 is 2. The molecule has 10 heteroatoms. The summed E-state index contributed by atoms with van der Waals surface area (Å²) in [7, 11) is 2.89. The van der Waals surface area contributed by atoms with Gasteiger partial charge in [0.25, 0.3) is 5.91 Å². The van der Waals surface area contributed by atoms with Crippen LogP contribution in [0.3, 0.4) is 0 Å². The minimum absolute atomic E-state index is 0.000570. The zero-order chi connectivity index (χ0) is 22.3. The predicted octanol–water partition coefficient (Wildman–Crippen LogP) is 4.94. The van der Waals surface area contributed by atoms with Gasteiger partial charge >= 0.3 is 12.4 Å². The first-order chi connectivity index (χ1) is 13.9. The molecule has 0 saturated heterocycles. The summed E-state index contributed by atoms with van der Waals surface area (Å²) >= 11 is 0. The molecular formula is C20H17F6NO3. The van der Waals surface area contributed by atoms with Crippen molar-refractivity contribution >= 4 is 5.91 Å². The van der Waals surface area contributed by atoms with Crippen LogP contribution >= 0.6 is 0 Å². The quantitative estimate of drug-likeness (QED) is 0.644. The topological polar surface area (TPSA) is 38.8 Å². The molecule has 0 bridgehead atoms. The fourth-order valence-electron chi connectivity index (χ4n) is 3.32. The van der Waals surface area contributed by atoms with Crippen LogP contribution in [0, 0.1) is 0 Å². The van der Waals surface area contributed by atoms with Gasteiger partial charge in [-0.05, 0) is 47.9 Å². The van der Waals surface area contributed by atoms with Gasteiger partial charge in [-0.2, -0.15) is 26.3 Å². The van der Waals surface area contributed by atoms with E-state index >= 15 is 0 Å². The maximum absolute atomic E-state index is 13.1. The molecule has 2 aromatic carbocycles. The van der Waals surface area contributed by atoms with E-state index in [9.17, 15) is 31.1 Å². The van der Waals surface area contributed by atoms with Crippen LogP contribution in [0.5, 0.6) is 11.5 Å². The Labute approximate surface area is 168 Å². The molecule has 1 heterocycles. The fourth-order valence-corrected chi connectivity index (χ4v) is 3.32. The van der Waals surface area contributed by atoms with Crippen molar-refractivity contribution in [1.82, 2.24) is 4.90 Å². The molecule has 162 valence electrons. The molecule has 4 nitrogen and oxygen atoms in total. The summed E-state index contributed by atoms with van der Waals surface area (Å²) in [6, 6.07) is 4.27. The van der Waals surface area contributed by atoms with E-state index in [1.807, 2.05) is 0 Å². The van der Waals surface area contributed by atoms with Crippen molar-refractivity contribution in [2.75, 3.05) is 20.8 Å². The van der Waals surface area contributed by atoms with Gasteiger partial charge in [0.2, 0.25) is 0 Å². The van der Waals surface area contributed by atoms with Gasteiger partial charge in [0, 0.05) is 18.7 Å². The van der Waals surface area contributed by atoms with Gasteiger partial charge in [0.05, 0.1) is 25.3 Å². The summed E-state index contributed by atoms with van der Waals surface area (Å²) in [5.74, 6) is -0.0141. The number of carbonyl (C=O) groups is 1. The van der Waals surface area contributed by atoms with Gasteiger partial charge < -0.3 is 14.4 Å². The van der Waals surface area contributed by atoms with Crippen molar-refractivity contribution in [3.05, 3.63) is 58.1 Å². The molecule has 1 aliphatic heterocycles. The molecular weight excluding hydrogens is 416 g/mol. The Morgan fingerprint density at radius 3 is 1.80 bits per heavy atom. The highest BCUT2D eigenvalue weighted by Gasteiger charge is 2.38. The highest BCUT2D eigenvalue weighted by molar-refractivity contribution is 5.95. The van der Waals surface area contributed by atoms with E-state index in [2.05, 4.69) is 0 Å². The number of hydrogen-bond acceptors (Lipinski definition) is 3. The number of hydrogen-bond donors (Lipinski definition) is 0. The number of rotatable bonds is 3. The highest BCUT2D eigenvalue weighted by Crippen LogP contribution is 2.37. The first-order valence-electron chi connectivity index (χ1n) is 8.76. The summed E-state index contributed by atoms with van der Waals surface area (Å²) in [5.41, 5.74) is -2.18. The van der Waals surface area contributed by atoms with E-state index in [1.165, 1.54) is 19.1 Å². The summed E-state index contributed by atoms with van der Waals surface area (Å²) in [6.45, 7) is 0.158. The number of amides is 1. The number of halogens is 6. The van der Waals surface area contributed by atoms with Crippen LogP contribution in [-0.4, -0.2) is 31.6 Å². The van der Waals surface area contributed by atoms with E-state index in [4.69, 9.17) is 9.47 Å². The second-order valence-electron chi connectivity index (χ2n) is 6.75. The van der Waals surface area contributed by atoms with Crippen LogP contribution < -0.4 is 9.47 Å². The first-order valence-corrected chi connectivity index (χ1v) is 8.76. The monoisotopic (exact) mass is 433 g/mol. The molecule has 0 radical (unpaired) electrons. The van der Waals surface area contributed by atoms with Gasteiger partial charge in [-0.1, -0.05) is 0 Å². The maximum Gasteiger partial charge on any atom is 0.416 e. The zero-order valence-electron chi connectivity index (χ0n) is 15.9. The molecule has 3 rings (SSSR count). The number of nitrogens with zero attached hydrogens (tertiary/aromatic N) is 1. The summed E-state index contributed by atoms with van der Waals surface area (Å²) in [6.07, 6.45) is -9.67. The second-order valence-corrected chi connectivity index (χ2v) is 6.75. The molecule has 0 atom stereocenters. The second kappa shape index (κ2) is 7.73. The molecule has 0 fully saturated rings. The van der Waals surface area contributed by atoms with Crippen molar-refractivity contribution in [3.63, 3.8) is 0 Å². The van der Waals surface area contributed by atoms with Crippen molar-refractivity contribution in [3.8, 4) is 11.5 Å². The number of benzene rings is 2. The molecule has 0 aliphatic carbocycles. The predicted molar refractivity (Wildman–Crippen MR) is 94.4 cm³/mol. The van der Waals surface area contributed by atoms with E-state index in [-0.39, 0.29) is 19.2 Å². The molecule has 0 N–H and O–H groups in total. The Balaban J connectivity index is 1.96. The van der Waals surface area contributed by atoms with E-state index < -0.39 is 35.0 Å². The van der Waals surface area contributed by atoms with Crippen molar-refractivity contribution in [1.29, 1.82) is 0 Å². The Hall–Kier alpha value is -2.91. The third-order valence-corrected chi connectivity index (χ3v) is 4.84. The van der Waals surface area contributed by atoms with Crippen LogP contribution in [0.4, 0.5) is 26.3 Å². The molecule has 0 aromatic heterocycles. The third kappa shape index (κ3) is 4.31. The number of carbonyl (C=O) groups excluding carboxylic acids is 1. The molecule has 1 aliphatic rings. The summed E-state index contributed by atoms with van der Waals surface area (Å²) in [4.78, 5) is 14.0. The van der Waals surface area contributed by atoms with Gasteiger partial charge in [0.15, 0.2) is 11.5 Å². The lowest BCUT2D eigenvalue weighted by molar-refractivity contribution is -0.143. The molecule has 30 heavy (non-hydrogen) atoms. The van der Waals surface area contributed by atoms with Gasteiger partial charge in [0.1, 0.15) is 0 Å². The molecule has 2 aromatic rings. The number of ether oxygens (including phenoxy) is 2. The molecule has 1 amide bonds. The Morgan fingerprint density at radius 2 is 1.33 bits per heavy atom. The van der Waals surface area contributed by atoms with E-state index in [0.717, 1.165) is 5.56 Å². The van der Waals surface area contributed by atoms with Crippen molar-refractivity contribution in [2.45, 2.75) is 25.3 Å². The van der Waals surface area contributed by atoms with Crippen molar-refractivity contribution in [2.24, 2.45) is 0 Å². The lowest BCUT2D eigenvalue weighted by atomic mass is 9.97. The van der Waals surface area contributed by atoms with Gasteiger partial charge in [-0.15, -0.1) is 0 Å². The van der Waals surface area contributed by atoms with Gasteiger partial charge in [-0.3, -0.25) is 4.79 Å². The molecule has 0 unspecified atom stereocenters. The minimum atomic E-state index is -5.02. The van der Waals surface area contributed by atoms with Crippen LogP contribution in [-0.2, 0) is 25.3 Å². The highest BCUT2D eigenvalue weighted by atomic mass is 19.4. The number of fused-ring (bicyclic) bond motifs is 1. The third-order valence-electron chi connectivity index (χ3n) is 4.84. The van der Waals surface area contributed by atoms with Crippen LogP contribution in [0.1, 0.15) is 32.6 Å². The lowest BCUT2D eigenvalue weighted by Crippen LogP contribution is -2.36. The van der Waals surface area contributed by atoms with Crippen LogP contribution in [0.25, 0.3) is 0 Å². The minimum Gasteiger partial charge on any atom is -0.493 e. The van der Waals surface area contributed by atoms with Gasteiger partial charge in [-0.25, -0.2) is 0 Å². The van der Waals surface area contributed by atoms with Crippen LogP contribution in [0.2, 0.25) is 0 Å². The van der Waals surface area contributed by atoms with E-state index in [1.54, 1.807) is 12.1 Å². The standard InChI is InChI=1S/C20H17F6NO3/c1-29-16-7-11-3-4-27(10-13(11)8-17(16)30-2)18(28)12-5-14(19(21,22)23)9-15(6-12)20(24,25)26/h5-9H,3-4,10H2,1-2H3. The number of alkyl halides is 6. The normalized spacial score (nSPS) is 14.3. The average molecular weight is 433 g/mol. The molecule has 0 saturated carbocycles. The summed E-state index contributed by atoms with van der Waals surface area (Å²) in [5, 5.41) is 0. The fraction of sp³-hybridized carbons (Fsp3) is 0.350. The summed E-state index contributed by atoms with van der Waals surface area (Å²) < 4.78 is 88.9. The SMILES string of the molecule is COc1cc2c(cc1OC)CN(C(=O)c1cc(C(F)(F)F)cc(C(F)(F)F)c1)CC2.